The number of rotatable bonds is 2. The Morgan fingerprint density at radius 3 is 2.50 bits per heavy atom. The zero-order valence-electron chi connectivity index (χ0n) is 12.1. The molecule has 114 valence electrons. The number of nitrogens with two attached hydrogens (primary N) is 1. The standard InChI is InChI=1S/C14H24N2O3S/c1-13(18)3-2-7-16(8-4-13)12(17)14(11(15)20)5-9-19-10-6-14/h18H,2-10H2,1H3,(H2,15,20). The van der Waals surface area contributed by atoms with Crippen LogP contribution in [0.15, 0.2) is 0 Å². The van der Waals surface area contributed by atoms with Crippen molar-refractivity contribution in [2.24, 2.45) is 11.1 Å². The van der Waals surface area contributed by atoms with Crippen molar-refractivity contribution in [2.75, 3.05) is 26.3 Å². The first-order valence-electron chi connectivity index (χ1n) is 7.27. The van der Waals surface area contributed by atoms with E-state index in [4.69, 9.17) is 22.7 Å². The monoisotopic (exact) mass is 300 g/mol. The van der Waals surface area contributed by atoms with Gasteiger partial charge in [-0.15, -0.1) is 0 Å². The second-order valence-electron chi connectivity index (χ2n) is 6.20. The number of ether oxygens (including phenoxy) is 1. The number of carbonyl (C=O) groups excluding carboxylic acids is 1. The van der Waals surface area contributed by atoms with Gasteiger partial charge in [0.15, 0.2) is 0 Å². The van der Waals surface area contributed by atoms with Gasteiger partial charge in [-0.25, -0.2) is 0 Å². The zero-order chi connectivity index (χ0) is 14.8. The number of thiocarbonyl (C=S) groups is 1. The normalized spacial score (nSPS) is 30.6. The molecule has 2 fully saturated rings. The summed E-state index contributed by atoms with van der Waals surface area (Å²) in [5.74, 6) is 0.0194. The molecule has 0 spiro atoms. The largest absolute Gasteiger partial charge is 0.392 e. The van der Waals surface area contributed by atoms with Crippen molar-refractivity contribution < 1.29 is 14.6 Å². The molecule has 1 atom stereocenters. The molecule has 0 radical (unpaired) electrons. The summed E-state index contributed by atoms with van der Waals surface area (Å²) in [5, 5.41) is 10.1. The van der Waals surface area contributed by atoms with E-state index >= 15 is 0 Å². The Morgan fingerprint density at radius 2 is 1.90 bits per heavy atom. The summed E-state index contributed by atoms with van der Waals surface area (Å²) in [5.41, 5.74) is 4.46. The van der Waals surface area contributed by atoms with Crippen LogP contribution in [-0.2, 0) is 9.53 Å². The maximum absolute atomic E-state index is 12.9. The quantitative estimate of drug-likeness (QED) is 0.739. The van der Waals surface area contributed by atoms with E-state index < -0.39 is 11.0 Å². The van der Waals surface area contributed by atoms with Gasteiger partial charge in [-0.2, -0.15) is 0 Å². The fourth-order valence-electron chi connectivity index (χ4n) is 3.05. The van der Waals surface area contributed by atoms with Crippen molar-refractivity contribution in [3.8, 4) is 0 Å². The summed E-state index contributed by atoms with van der Waals surface area (Å²) >= 11 is 5.18. The SMILES string of the molecule is CC1(O)CCCN(C(=O)C2(C(N)=S)CCOCC2)CC1. The number of nitrogens with zero attached hydrogens (tertiary/aromatic N) is 1. The Balaban J connectivity index is 2.13. The first-order valence-corrected chi connectivity index (χ1v) is 7.68. The molecule has 0 aliphatic carbocycles. The van der Waals surface area contributed by atoms with E-state index in [1.807, 2.05) is 11.8 Å². The van der Waals surface area contributed by atoms with Crippen LogP contribution in [0.4, 0.5) is 0 Å². The van der Waals surface area contributed by atoms with Crippen LogP contribution in [0.25, 0.3) is 0 Å². The molecular weight excluding hydrogens is 276 g/mol. The third-order valence-corrected chi connectivity index (χ3v) is 4.97. The van der Waals surface area contributed by atoms with Gasteiger partial charge in [0.05, 0.1) is 10.6 Å². The van der Waals surface area contributed by atoms with E-state index in [1.54, 1.807) is 0 Å². The van der Waals surface area contributed by atoms with Gasteiger partial charge in [0.2, 0.25) is 5.91 Å². The molecule has 5 nitrogen and oxygen atoms in total. The van der Waals surface area contributed by atoms with E-state index in [9.17, 15) is 9.90 Å². The molecule has 1 unspecified atom stereocenters. The molecule has 2 aliphatic heterocycles. The average molecular weight is 300 g/mol. The van der Waals surface area contributed by atoms with Crippen LogP contribution in [0.2, 0.25) is 0 Å². The van der Waals surface area contributed by atoms with Gasteiger partial charge in [-0.3, -0.25) is 4.79 Å². The highest BCUT2D eigenvalue weighted by molar-refractivity contribution is 7.80. The van der Waals surface area contributed by atoms with Crippen LogP contribution in [0.5, 0.6) is 0 Å². The number of hydrogen-bond donors (Lipinski definition) is 2. The molecule has 20 heavy (non-hydrogen) atoms. The summed E-state index contributed by atoms with van der Waals surface area (Å²) in [6.45, 7) is 4.11. The first kappa shape index (κ1) is 15.7. The highest BCUT2D eigenvalue weighted by atomic mass is 32.1. The van der Waals surface area contributed by atoms with Gasteiger partial charge in [0.1, 0.15) is 5.41 Å². The molecule has 0 saturated carbocycles. The van der Waals surface area contributed by atoms with E-state index in [0.717, 1.165) is 12.8 Å². The first-order chi connectivity index (χ1) is 9.37. The topological polar surface area (TPSA) is 75.8 Å². The van der Waals surface area contributed by atoms with Crippen molar-refractivity contribution in [1.82, 2.24) is 4.90 Å². The molecule has 2 saturated heterocycles. The minimum atomic E-state index is -0.746. The highest BCUT2D eigenvalue weighted by Gasteiger charge is 2.45. The number of amides is 1. The molecular formula is C14H24N2O3S. The second-order valence-corrected chi connectivity index (χ2v) is 6.64. The van der Waals surface area contributed by atoms with Gasteiger partial charge < -0.3 is 20.5 Å². The number of carbonyl (C=O) groups is 1. The number of hydrogen-bond acceptors (Lipinski definition) is 4. The van der Waals surface area contributed by atoms with E-state index in [2.05, 4.69) is 0 Å². The van der Waals surface area contributed by atoms with Crippen LogP contribution >= 0.6 is 12.2 Å². The predicted molar refractivity (Wildman–Crippen MR) is 80.3 cm³/mol. The van der Waals surface area contributed by atoms with Crippen molar-refractivity contribution in [1.29, 1.82) is 0 Å². The van der Waals surface area contributed by atoms with Gasteiger partial charge in [0.25, 0.3) is 0 Å². The molecule has 2 rings (SSSR count). The summed E-state index contributed by atoms with van der Waals surface area (Å²) < 4.78 is 5.34. The van der Waals surface area contributed by atoms with Gasteiger partial charge in [-0.1, -0.05) is 12.2 Å². The van der Waals surface area contributed by atoms with Gasteiger partial charge in [0, 0.05) is 26.3 Å². The van der Waals surface area contributed by atoms with Crippen molar-refractivity contribution in [2.45, 2.75) is 44.6 Å². The lowest BCUT2D eigenvalue weighted by Crippen LogP contribution is -2.53. The zero-order valence-corrected chi connectivity index (χ0v) is 12.9. The molecule has 2 aliphatic rings. The van der Waals surface area contributed by atoms with Crippen LogP contribution in [0.3, 0.4) is 0 Å². The molecule has 0 aromatic carbocycles. The summed E-state index contributed by atoms with van der Waals surface area (Å²) in [7, 11) is 0. The minimum Gasteiger partial charge on any atom is -0.392 e. The average Bonchev–Trinajstić information content (AvgIpc) is 2.59. The van der Waals surface area contributed by atoms with Gasteiger partial charge in [-0.05, 0) is 39.0 Å². The number of likely N-dealkylation sites (tertiary alicyclic amines) is 1. The van der Waals surface area contributed by atoms with E-state index in [-0.39, 0.29) is 10.9 Å². The van der Waals surface area contributed by atoms with Crippen molar-refractivity contribution in [3.63, 3.8) is 0 Å². The maximum Gasteiger partial charge on any atom is 0.235 e. The fraction of sp³-hybridized carbons (Fsp3) is 0.857. The van der Waals surface area contributed by atoms with E-state index in [0.29, 0.717) is 45.6 Å². The summed E-state index contributed by atoms with van der Waals surface area (Å²) in [4.78, 5) is 15.0. The molecule has 2 heterocycles. The lowest BCUT2D eigenvalue weighted by molar-refractivity contribution is -0.142. The van der Waals surface area contributed by atoms with Crippen LogP contribution in [0.1, 0.15) is 39.0 Å². The minimum absolute atomic E-state index is 0.0194. The molecule has 3 N–H and O–H groups in total. The third-order valence-electron chi connectivity index (χ3n) is 4.58. The molecule has 0 aromatic rings. The highest BCUT2D eigenvalue weighted by Crippen LogP contribution is 2.34. The van der Waals surface area contributed by atoms with Crippen molar-refractivity contribution >= 4 is 23.1 Å². The molecule has 0 bridgehead atoms. The van der Waals surface area contributed by atoms with Crippen molar-refractivity contribution in [3.05, 3.63) is 0 Å². The summed E-state index contributed by atoms with van der Waals surface area (Å²) in [6.07, 6.45) is 3.26. The lowest BCUT2D eigenvalue weighted by Gasteiger charge is -2.38. The lowest BCUT2D eigenvalue weighted by atomic mass is 9.78. The Bertz CT molecular complexity index is 392. The predicted octanol–water partition coefficient (Wildman–Crippen LogP) is 0.833. The number of aliphatic hydroxyl groups is 1. The Morgan fingerprint density at radius 1 is 1.25 bits per heavy atom. The Kier molecular flexibility index (Phi) is 4.66. The molecule has 1 amide bonds. The smallest absolute Gasteiger partial charge is 0.235 e. The van der Waals surface area contributed by atoms with Crippen LogP contribution < -0.4 is 5.73 Å². The fourth-order valence-corrected chi connectivity index (χ4v) is 3.35. The summed E-state index contributed by atoms with van der Waals surface area (Å²) in [6, 6.07) is 0. The van der Waals surface area contributed by atoms with Crippen LogP contribution in [0, 0.1) is 5.41 Å². The molecule has 6 heteroatoms. The van der Waals surface area contributed by atoms with Gasteiger partial charge >= 0.3 is 0 Å². The Labute approximate surface area is 125 Å². The second kappa shape index (κ2) is 5.95. The third kappa shape index (κ3) is 3.13. The van der Waals surface area contributed by atoms with Crippen LogP contribution in [-0.4, -0.2) is 52.8 Å². The molecule has 0 aromatic heterocycles. The Hall–Kier alpha value is -0.720. The maximum atomic E-state index is 12.9. The van der Waals surface area contributed by atoms with E-state index in [1.165, 1.54) is 0 Å².